The average molecular weight is 508 g/mol. The third-order valence-electron chi connectivity index (χ3n) is 6.68. The summed E-state index contributed by atoms with van der Waals surface area (Å²) in [4.78, 5) is 11.5. The van der Waals surface area contributed by atoms with Gasteiger partial charge < -0.3 is 25.0 Å². The number of rotatable bonds is 10. The molecule has 1 heterocycles. The fourth-order valence-corrected chi connectivity index (χ4v) is 5.12. The number of carboxylic acid groups (broad SMARTS) is 1. The van der Waals surface area contributed by atoms with Gasteiger partial charge in [-0.15, -0.1) is 0 Å². The normalized spacial score (nSPS) is 22.5. The lowest BCUT2D eigenvalue weighted by Crippen LogP contribution is -2.46. The fraction of sp³-hybridized carbons (Fsp3) is 0.500. The molecule has 6 nitrogen and oxygen atoms in total. The quantitative estimate of drug-likeness (QED) is 0.423. The van der Waals surface area contributed by atoms with Crippen LogP contribution in [0.3, 0.4) is 0 Å². The minimum absolute atomic E-state index is 0.123. The monoisotopic (exact) mass is 507 g/mol. The molecule has 184 valence electrons. The number of β-amino-alcohol motifs (C(OH)–C–C–N with tert-alkyl or cyclic N) is 1. The fourth-order valence-electron chi connectivity index (χ4n) is 4.80. The second-order valence-corrected chi connectivity index (χ2v) is 10.8. The Morgan fingerprint density at radius 3 is 2.65 bits per heavy atom. The van der Waals surface area contributed by atoms with Gasteiger partial charge in [-0.2, -0.15) is 0 Å². The molecule has 1 aliphatic carbocycles. The first kappa shape index (κ1) is 25.3. The van der Waals surface area contributed by atoms with Crippen molar-refractivity contribution in [3.8, 4) is 5.75 Å². The van der Waals surface area contributed by atoms with Crippen molar-refractivity contribution in [2.75, 3.05) is 13.2 Å². The number of aliphatic carboxylic acids is 1. The number of carboxylic acids is 1. The lowest BCUT2D eigenvalue weighted by Gasteiger charge is -2.28. The SMILES string of the molecule is Cc1ccc([C@@H](C)OC[C@H](O)CNC(C)(C)Cc2ccc(Cl)c(Cl)c2)c2c1O[C@@H]1[C@@H](C(=O)O)[C@H]21. The Labute approximate surface area is 210 Å². The molecular weight excluding hydrogens is 477 g/mol. The zero-order valence-electron chi connectivity index (χ0n) is 19.8. The average Bonchev–Trinajstić information content (AvgIpc) is 3.35. The van der Waals surface area contributed by atoms with E-state index in [0.29, 0.717) is 16.6 Å². The molecule has 1 aliphatic heterocycles. The van der Waals surface area contributed by atoms with Crippen LogP contribution >= 0.6 is 23.2 Å². The van der Waals surface area contributed by atoms with Crippen LogP contribution in [0.4, 0.5) is 0 Å². The maximum atomic E-state index is 11.5. The summed E-state index contributed by atoms with van der Waals surface area (Å²) in [6, 6.07) is 9.54. The third-order valence-corrected chi connectivity index (χ3v) is 7.41. The third kappa shape index (κ3) is 5.21. The van der Waals surface area contributed by atoms with Crippen LogP contribution in [0.25, 0.3) is 0 Å². The van der Waals surface area contributed by atoms with Crippen LogP contribution in [0.5, 0.6) is 5.75 Å². The van der Waals surface area contributed by atoms with E-state index >= 15 is 0 Å². The molecule has 0 unspecified atom stereocenters. The van der Waals surface area contributed by atoms with Crippen molar-refractivity contribution in [3.63, 3.8) is 0 Å². The number of halogens is 2. The number of fused-ring (bicyclic) bond motifs is 3. The van der Waals surface area contributed by atoms with Gasteiger partial charge in [0, 0.05) is 23.6 Å². The highest BCUT2D eigenvalue weighted by atomic mass is 35.5. The van der Waals surface area contributed by atoms with Gasteiger partial charge in [0.25, 0.3) is 0 Å². The number of hydrogen-bond acceptors (Lipinski definition) is 5. The van der Waals surface area contributed by atoms with Crippen molar-refractivity contribution in [1.82, 2.24) is 5.32 Å². The second kappa shape index (κ2) is 9.67. The van der Waals surface area contributed by atoms with Gasteiger partial charge in [0.15, 0.2) is 0 Å². The number of ether oxygens (including phenoxy) is 2. The molecule has 1 fully saturated rings. The van der Waals surface area contributed by atoms with Crippen molar-refractivity contribution < 1.29 is 24.5 Å². The Hall–Kier alpha value is -1.83. The summed E-state index contributed by atoms with van der Waals surface area (Å²) in [7, 11) is 0. The first-order valence-electron chi connectivity index (χ1n) is 11.5. The predicted octanol–water partition coefficient (Wildman–Crippen LogP) is 4.91. The smallest absolute Gasteiger partial charge is 0.311 e. The molecule has 0 amide bonds. The van der Waals surface area contributed by atoms with Gasteiger partial charge in [0.1, 0.15) is 17.8 Å². The van der Waals surface area contributed by atoms with Crippen molar-refractivity contribution in [3.05, 3.63) is 62.6 Å². The summed E-state index contributed by atoms with van der Waals surface area (Å²) in [6.45, 7) is 8.52. The van der Waals surface area contributed by atoms with E-state index in [9.17, 15) is 15.0 Å². The maximum absolute atomic E-state index is 11.5. The number of aliphatic hydroxyl groups is 1. The van der Waals surface area contributed by atoms with E-state index in [0.717, 1.165) is 34.4 Å². The van der Waals surface area contributed by atoms with E-state index in [1.54, 1.807) is 6.07 Å². The van der Waals surface area contributed by atoms with Gasteiger partial charge in [-0.05, 0) is 62.9 Å². The Bertz CT molecular complexity index is 1090. The molecule has 2 aliphatic rings. The van der Waals surface area contributed by atoms with Crippen LogP contribution in [0.2, 0.25) is 10.0 Å². The Balaban J connectivity index is 1.32. The molecular formula is C26H31Cl2NO5. The summed E-state index contributed by atoms with van der Waals surface area (Å²) < 4.78 is 11.9. The summed E-state index contributed by atoms with van der Waals surface area (Å²) in [5.41, 5.74) is 3.65. The lowest BCUT2D eigenvalue weighted by molar-refractivity contribution is -0.139. The largest absolute Gasteiger partial charge is 0.488 e. The highest BCUT2D eigenvalue weighted by molar-refractivity contribution is 6.42. The van der Waals surface area contributed by atoms with Gasteiger partial charge >= 0.3 is 5.97 Å². The lowest BCUT2D eigenvalue weighted by atomic mass is 9.94. The molecule has 0 bridgehead atoms. The Morgan fingerprint density at radius 1 is 1.24 bits per heavy atom. The van der Waals surface area contributed by atoms with E-state index in [4.69, 9.17) is 32.7 Å². The Kier molecular flexibility index (Phi) is 7.19. The molecule has 3 N–H and O–H groups in total. The number of hydrogen-bond donors (Lipinski definition) is 3. The standard InChI is InChI=1S/C26H31Cl2NO5/c1-13-5-7-17(20-21-22(25(31)32)24(21)34-23(13)20)14(2)33-12-16(30)11-29-26(3,4)10-15-6-8-18(27)19(28)9-15/h5-9,14,16,21-22,24,29-30H,10-12H2,1-4H3,(H,31,32)/t14-,16-,21+,22+,24+/m1/s1. The van der Waals surface area contributed by atoms with Gasteiger partial charge in [-0.3, -0.25) is 4.79 Å². The zero-order chi connectivity index (χ0) is 24.8. The minimum atomic E-state index is -0.827. The van der Waals surface area contributed by atoms with Crippen LogP contribution in [-0.4, -0.2) is 47.1 Å². The summed E-state index contributed by atoms with van der Waals surface area (Å²) in [5, 5.41) is 24.4. The van der Waals surface area contributed by atoms with Crippen LogP contribution < -0.4 is 10.1 Å². The first-order chi connectivity index (χ1) is 16.0. The van der Waals surface area contributed by atoms with E-state index in [1.807, 2.05) is 38.1 Å². The molecule has 1 saturated carbocycles. The second-order valence-electron chi connectivity index (χ2n) is 10.0. The molecule has 34 heavy (non-hydrogen) atoms. The van der Waals surface area contributed by atoms with Gasteiger partial charge in [-0.1, -0.05) is 41.4 Å². The molecule has 5 atom stereocenters. The summed E-state index contributed by atoms with van der Waals surface area (Å²) >= 11 is 12.1. The number of aryl methyl sites for hydroxylation is 1. The van der Waals surface area contributed by atoms with Gasteiger partial charge in [-0.25, -0.2) is 0 Å². The molecule has 0 saturated heterocycles. The molecule has 8 heteroatoms. The van der Waals surface area contributed by atoms with Crippen LogP contribution in [-0.2, 0) is 16.0 Å². The highest BCUT2D eigenvalue weighted by Gasteiger charge is 2.64. The number of benzene rings is 2. The van der Waals surface area contributed by atoms with Crippen molar-refractivity contribution >= 4 is 29.2 Å². The highest BCUT2D eigenvalue weighted by Crippen LogP contribution is 2.61. The molecule has 2 aromatic rings. The van der Waals surface area contributed by atoms with E-state index in [-0.39, 0.29) is 30.3 Å². The molecule has 0 radical (unpaired) electrons. The van der Waals surface area contributed by atoms with Crippen molar-refractivity contribution in [2.45, 2.75) is 63.9 Å². The van der Waals surface area contributed by atoms with Crippen molar-refractivity contribution in [2.24, 2.45) is 5.92 Å². The minimum Gasteiger partial charge on any atom is -0.488 e. The van der Waals surface area contributed by atoms with E-state index in [1.165, 1.54) is 0 Å². The summed E-state index contributed by atoms with van der Waals surface area (Å²) in [5.74, 6) is -0.659. The van der Waals surface area contributed by atoms with Gasteiger partial charge in [0.2, 0.25) is 0 Å². The van der Waals surface area contributed by atoms with E-state index < -0.39 is 18.0 Å². The van der Waals surface area contributed by atoms with Crippen molar-refractivity contribution in [1.29, 1.82) is 0 Å². The van der Waals surface area contributed by atoms with Gasteiger partial charge in [0.05, 0.1) is 28.9 Å². The van der Waals surface area contributed by atoms with Crippen LogP contribution in [0.15, 0.2) is 30.3 Å². The topological polar surface area (TPSA) is 88.0 Å². The number of nitrogens with one attached hydrogen (secondary N) is 1. The number of aliphatic hydroxyl groups excluding tert-OH is 1. The number of carbonyl (C=O) groups is 1. The molecule has 2 aromatic carbocycles. The molecule has 4 rings (SSSR count). The Morgan fingerprint density at radius 2 is 1.97 bits per heavy atom. The zero-order valence-corrected chi connectivity index (χ0v) is 21.3. The maximum Gasteiger partial charge on any atom is 0.311 e. The van der Waals surface area contributed by atoms with Crippen LogP contribution in [0.1, 0.15) is 55.0 Å². The molecule has 0 aromatic heterocycles. The predicted molar refractivity (Wildman–Crippen MR) is 132 cm³/mol. The van der Waals surface area contributed by atoms with Crippen LogP contribution in [0, 0.1) is 12.8 Å². The summed E-state index contributed by atoms with van der Waals surface area (Å²) in [6.07, 6.45) is -0.570. The first-order valence-corrected chi connectivity index (χ1v) is 12.3. The molecule has 0 spiro atoms. The van der Waals surface area contributed by atoms with E-state index in [2.05, 4.69) is 19.2 Å².